The van der Waals surface area contributed by atoms with E-state index in [0.29, 0.717) is 17.5 Å². The molecule has 1 aromatic rings. The maximum Gasteiger partial charge on any atom is 0.240 e. The van der Waals surface area contributed by atoms with Crippen molar-refractivity contribution in [1.82, 2.24) is 15.4 Å². The summed E-state index contributed by atoms with van der Waals surface area (Å²) < 4.78 is 9.98. The largest absolute Gasteiger partial charge is 0.480 e. The van der Waals surface area contributed by atoms with Crippen LogP contribution < -0.4 is 20.7 Å². The second-order valence-electron chi connectivity index (χ2n) is 2.70. The fraction of sp³-hybridized carbons (Fsp3) is 0.500. The Morgan fingerprint density at radius 1 is 1.43 bits per heavy atom. The van der Waals surface area contributed by atoms with Gasteiger partial charge in [-0.2, -0.15) is 4.98 Å². The first-order chi connectivity index (χ1) is 6.72. The number of aromatic nitrogens is 2. The maximum absolute atomic E-state index is 5.29. The Morgan fingerprint density at radius 2 is 2.14 bits per heavy atom. The Labute approximate surface area is 82.4 Å². The quantitative estimate of drug-likeness (QED) is 0.524. The van der Waals surface area contributed by atoms with E-state index >= 15 is 0 Å². The molecule has 1 aromatic heterocycles. The predicted molar refractivity (Wildman–Crippen MR) is 50.9 cm³/mol. The Hall–Kier alpha value is -1.40. The van der Waals surface area contributed by atoms with Crippen molar-refractivity contribution in [3.05, 3.63) is 11.9 Å². The summed E-state index contributed by atoms with van der Waals surface area (Å²) in [5.74, 6) is 6.12. The van der Waals surface area contributed by atoms with Gasteiger partial charge in [-0.1, -0.05) is 0 Å². The van der Waals surface area contributed by atoms with E-state index in [4.69, 9.17) is 15.3 Å². The lowest BCUT2D eigenvalue weighted by Gasteiger charge is -2.12. The van der Waals surface area contributed by atoms with Gasteiger partial charge in [0, 0.05) is 0 Å². The van der Waals surface area contributed by atoms with Crippen molar-refractivity contribution >= 4 is 0 Å². The van der Waals surface area contributed by atoms with Crippen LogP contribution in [0.4, 0.5) is 0 Å². The number of nitrogens with two attached hydrogens (primary N) is 1. The third-order valence-corrected chi connectivity index (χ3v) is 1.81. The summed E-state index contributed by atoms with van der Waals surface area (Å²) >= 11 is 0. The van der Waals surface area contributed by atoms with Crippen LogP contribution in [-0.2, 0) is 0 Å². The molecule has 1 unspecified atom stereocenters. The van der Waals surface area contributed by atoms with Crippen molar-refractivity contribution in [2.75, 3.05) is 14.2 Å². The molecule has 1 atom stereocenters. The molecule has 0 aliphatic carbocycles. The molecule has 0 saturated carbocycles. The fourth-order valence-electron chi connectivity index (χ4n) is 0.991. The minimum Gasteiger partial charge on any atom is -0.480 e. The van der Waals surface area contributed by atoms with Gasteiger partial charge in [0.05, 0.1) is 26.5 Å². The van der Waals surface area contributed by atoms with Crippen LogP contribution in [0.3, 0.4) is 0 Å². The molecule has 3 N–H and O–H groups in total. The number of nitrogens with zero attached hydrogens (tertiary/aromatic N) is 2. The Bertz CT molecular complexity index is 305. The lowest BCUT2D eigenvalue weighted by atomic mass is 10.2. The van der Waals surface area contributed by atoms with Crippen LogP contribution in [0.5, 0.6) is 11.8 Å². The molecule has 0 aromatic carbocycles. The molecule has 0 aliphatic rings. The Morgan fingerprint density at radius 3 is 2.64 bits per heavy atom. The molecule has 14 heavy (non-hydrogen) atoms. The molecule has 0 saturated heterocycles. The molecule has 0 radical (unpaired) electrons. The van der Waals surface area contributed by atoms with Crippen LogP contribution in [0, 0.1) is 0 Å². The average molecular weight is 198 g/mol. The van der Waals surface area contributed by atoms with Gasteiger partial charge in [-0.05, 0) is 6.92 Å². The standard InChI is InChI=1S/C8H14N4O2/c1-5(12-9)7-8(14-3)11-6(13-2)4-10-7/h4-5,12H,9H2,1-3H3. The van der Waals surface area contributed by atoms with Gasteiger partial charge in [0.1, 0.15) is 5.69 Å². The summed E-state index contributed by atoms with van der Waals surface area (Å²) in [6.45, 7) is 1.86. The van der Waals surface area contributed by atoms with Crippen molar-refractivity contribution in [2.24, 2.45) is 5.84 Å². The van der Waals surface area contributed by atoms with Crippen LogP contribution in [0.1, 0.15) is 18.7 Å². The summed E-state index contributed by atoms with van der Waals surface area (Å²) in [6, 6.07) is -0.122. The molecular weight excluding hydrogens is 184 g/mol. The first-order valence-corrected chi connectivity index (χ1v) is 4.14. The molecular formula is C8H14N4O2. The van der Waals surface area contributed by atoms with Crippen molar-refractivity contribution < 1.29 is 9.47 Å². The van der Waals surface area contributed by atoms with Gasteiger partial charge in [-0.25, -0.2) is 4.98 Å². The third-order valence-electron chi connectivity index (χ3n) is 1.81. The van der Waals surface area contributed by atoms with Crippen LogP contribution >= 0.6 is 0 Å². The molecule has 0 amide bonds. The number of hydrogen-bond donors (Lipinski definition) is 2. The summed E-state index contributed by atoms with van der Waals surface area (Å²) in [6.07, 6.45) is 1.52. The predicted octanol–water partition coefficient (Wildman–Crippen LogP) is 0.0181. The Kier molecular flexibility index (Phi) is 3.61. The monoisotopic (exact) mass is 198 g/mol. The average Bonchev–Trinajstić information content (AvgIpc) is 2.27. The van der Waals surface area contributed by atoms with Crippen molar-refractivity contribution in [2.45, 2.75) is 13.0 Å². The van der Waals surface area contributed by atoms with Gasteiger partial charge in [-0.15, -0.1) is 0 Å². The normalized spacial score (nSPS) is 12.3. The van der Waals surface area contributed by atoms with E-state index in [1.807, 2.05) is 6.92 Å². The second-order valence-corrected chi connectivity index (χ2v) is 2.70. The fourth-order valence-corrected chi connectivity index (χ4v) is 0.991. The molecule has 0 bridgehead atoms. The van der Waals surface area contributed by atoms with E-state index < -0.39 is 0 Å². The number of rotatable bonds is 4. The highest BCUT2D eigenvalue weighted by Crippen LogP contribution is 2.21. The van der Waals surface area contributed by atoms with E-state index in [9.17, 15) is 0 Å². The van der Waals surface area contributed by atoms with Gasteiger partial charge in [-0.3, -0.25) is 11.3 Å². The van der Waals surface area contributed by atoms with Crippen molar-refractivity contribution in [3.8, 4) is 11.8 Å². The lowest BCUT2D eigenvalue weighted by Crippen LogP contribution is -2.27. The van der Waals surface area contributed by atoms with Crippen molar-refractivity contribution in [1.29, 1.82) is 0 Å². The van der Waals surface area contributed by atoms with E-state index in [2.05, 4.69) is 15.4 Å². The van der Waals surface area contributed by atoms with E-state index in [-0.39, 0.29) is 6.04 Å². The summed E-state index contributed by atoms with van der Waals surface area (Å²) in [7, 11) is 3.05. The highest BCUT2D eigenvalue weighted by Gasteiger charge is 2.13. The SMILES string of the molecule is COc1cnc(C(C)NN)c(OC)n1. The van der Waals surface area contributed by atoms with Gasteiger partial charge in [0.2, 0.25) is 11.8 Å². The van der Waals surface area contributed by atoms with Gasteiger partial charge in [0.15, 0.2) is 0 Å². The molecule has 0 fully saturated rings. The molecule has 6 nitrogen and oxygen atoms in total. The van der Waals surface area contributed by atoms with Gasteiger partial charge >= 0.3 is 0 Å². The molecule has 0 spiro atoms. The zero-order valence-electron chi connectivity index (χ0n) is 8.44. The number of hydrazine groups is 1. The van der Waals surface area contributed by atoms with E-state index in [1.165, 1.54) is 20.4 Å². The first-order valence-electron chi connectivity index (χ1n) is 4.14. The molecule has 78 valence electrons. The second kappa shape index (κ2) is 4.73. The van der Waals surface area contributed by atoms with Crippen LogP contribution in [0.25, 0.3) is 0 Å². The molecule has 1 heterocycles. The number of nitrogens with one attached hydrogen (secondary N) is 1. The Balaban J connectivity index is 3.04. The van der Waals surface area contributed by atoms with E-state index in [0.717, 1.165) is 0 Å². The summed E-state index contributed by atoms with van der Waals surface area (Å²) in [5, 5.41) is 0. The zero-order chi connectivity index (χ0) is 10.6. The number of methoxy groups -OCH3 is 2. The lowest BCUT2D eigenvalue weighted by molar-refractivity contribution is 0.351. The molecule has 6 heteroatoms. The van der Waals surface area contributed by atoms with Crippen molar-refractivity contribution in [3.63, 3.8) is 0 Å². The summed E-state index contributed by atoms with van der Waals surface area (Å²) in [5.41, 5.74) is 3.22. The van der Waals surface area contributed by atoms with Gasteiger partial charge < -0.3 is 9.47 Å². The smallest absolute Gasteiger partial charge is 0.240 e. The van der Waals surface area contributed by atoms with E-state index in [1.54, 1.807) is 0 Å². The minimum atomic E-state index is -0.122. The maximum atomic E-state index is 5.29. The third kappa shape index (κ3) is 2.09. The zero-order valence-corrected chi connectivity index (χ0v) is 8.44. The van der Waals surface area contributed by atoms with Crippen LogP contribution in [0.2, 0.25) is 0 Å². The highest BCUT2D eigenvalue weighted by molar-refractivity contribution is 5.24. The number of hydrogen-bond acceptors (Lipinski definition) is 6. The summed E-state index contributed by atoms with van der Waals surface area (Å²) in [4.78, 5) is 8.21. The van der Waals surface area contributed by atoms with Gasteiger partial charge in [0.25, 0.3) is 0 Å². The number of ether oxygens (including phenoxy) is 2. The minimum absolute atomic E-state index is 0.122. The first kappa shape index (κ1) is 10.7. The highest BCUT2D eigenvalue weighted by atomic mass is 16.5. The molecule has 1 rings (SSSR count). The van der Waals surface area contributed by atoms with Crippen LogP contribution in [-0.4, -0.2) is 24.2 Å². The topological polar surface area (TPSA) is 82.3 Å². The molecule has 0 aliphatic heterocycles. The van der Waals surface area contributed by atoms with Crippen LogP contribution in [0.15, 0.2) is 6.20 Å².